The van der Waals surface area contributed by atoms with Crippen molar-refractivity contribution >= 4 is 45.7 Å². The molecule has 1 atom stereocenters. The molecule has 3 amide bonds. The van der Waals surface area contributed by atoms with E-state index in [9.17, 15) is 19.5 Å². The van der Waals surface area contributed by atoms with E-state index in [4.69, 9.17) is 11.5 Å². The Morgan fingerprint density at radius 3 is 2.31 bits per heavy atom. The molecule has 0 aromatic heterocycles. The highest BCUT2D eigenvalue weighted by molar-refractivity contribution is 6.49. The minimum absolute atomic E-state index is 0.0680. The van der Waals surface area contributed by atoms with Crippen molar-refractivity contribution in [3.63, 3.8) is 0 Å². The molecule has 1 heterocycles. The number of hydrazone groups is 2. The van der Waals surface area contributed by atoms with Gasteiger partial charge in [0, 0.05) is 0 Å². The molecule has 0 saturated heterocycles. The smallest absolute Gasteiger partial charge is 0.275 e. The number of aromatic hydroxyl groups is 1. The van der Waals surface area contributed by atoms with Crippen LogP contribution in [0.1, 0.15) is 10.4 Å². The maximum atomic E-state index is 12.9. The van der Waals surface area contributed by atoms with Crippen molar-refractivity contribution in [3.8, 4) is 5.75 Å². The monoisotopic (exact) mass is 430 g/mol. The highest BCUT2D eigenvalue weighted by Gasteiger charge is 2.41. The van der Waals surface area contributed by atoms with Crippen LogP contribution in [0.4, 0.5) is 5.69 Å². The van der Waals surface area contributed by atoms with E-state index < -0.39 is 29.4 Å². The van der Waals surface area contributed by atoms with E-state index in [-0.39, 0.29) is 17.1 Å². The molecule has 10 heteroatoms. The average molecular weight is 430 g/mol. The zero-order valence-corrected chi connectivity index (χ0v) is 16.6. The lowest BCUT2D eigenvalue weighted by atomic mass is 10.0. The molecule has 0 spiro atoms. The topological polar surface area (TPSA) is 163 Å². The van der Waals surface area contributed by atoms with E-state index in [2.05, 4.69) is 15.6 Å². The van der Waals surface area contributed by atoms with Crippen molar-refractivity contribution in [2.24, 2.45) is 27.6 Å². The lowest BCUT2D eigenvalue weighted by Crippen LogP contribution is -2.43. The van der Waals surface area contributed by atoms with Gasteiger partial charge in [0.2, 0.25) is 0 Å². The number of hydrogen-bond donors (Lipinski definition) is 4. The molecule has 1 aliphatic heterocycles. The van der Waals surface area contributed by atoms with E-state index in [0.717, 1.165) is 15.8 Å². The number of rotatable bonds is 5. The quantitative estimate of drug-likeness (QED) is 0.351. The van der Waals surface area contributed by atoms with Crippen LogP contribution in [0.15, 0.2) is 76.9 Å². The molecule has 1 aliphatic rings. The summed E-state index contributed by atoms with van der Waals surface area (Å²) in [5, 5.41) is 20.5. The first-order valence-electron chi connectivity index (χ1n) is 9.49. The Hall–Kier alpha value is -4.73. The number of phenolic OH excluding ortho intramolecular Hbond substituents is 1. The van der Waals surface area contributed by atoms with Crippen LogP contribution >= 0.6 is 0 Å². The maximum Gasteiger partial charge on any atom is 0.275 e. The Kier molecular flexibility index (Phi) is 5.25. The number of para-hydroxylation sites is 1. The Morgan fingerprint density at radius 1 is 1.03 bits per heavy atom. The molecule has 160 valence electrons. The van der Waals surface area contributed by atoms with Gasteiger partial charge in [0.15, 0.2) is 0 Å². The van der Waals surface area contributed by atoms with Crippen LogP contribution in [-0.4, -0.2) is 34.4 Å². The van der Waals surface area contributed by atoms with Crippen LogP contribution in [0, 0.1) is 5.92 Å². The Bertz CT molecular complexity index is 1300. The molecule has 3 aromatic rings. The standard InChI is InChI=1S/C22H18N6O4/c23-19-17(22(32)28(27-19)14-8-2-1-3-9-14)18(20(24)30)25-26-21(31)15-10-12-6-4-5-7-13(12)11-16(15)29/h1-11,17,29H,(H2,23,27)(H2,24,30)(H,26,31)/b25-18+/t17-/m0/s1. The Morgan fingerprint density at radius 2 is 1.66 bits per heavy atom. The molecule has 10 nitrogen and oxygen atoms in total. The third kappa shape index (κ3) is 3.72. The van der Waals surface area contributed by atoms with E-state index in [1.807, 2.05) is 0 Å². The van der Waals surface area contributed by atoms with E-state index in [1.54, 1.807) is 54.6 Å². The minimum atomic E-state index is -1.36. The third-order valence-corrected chi connectivity index (χ3v) is 4.88. The zero-order chi connectivity index (χ0) is 22.8. The van der Waals surface area contributed by atoms with Crippen LogP contribution < -0.4 is 21.9 Å². The number of nitrogens with one attached hydrogen (secondary N) is 1. The number of nitrogens with two attached hydrogens (primary N) is 2. The number of benzene rings is 3. The predicted molar refractivity (Wildman–Crippen MR) is 119 cm³/mol. The Labute approximate surface area is 181 Å². The number of fused-ring (bicyclic) bond motifs is 1. The first-order chi connectivity index (χ1) is 15.4. The third-order valence-electron chi connectivity index (χ3n) is 4.88. The van der Waals surface area contributed by atoms with Crippen LogP contribution in [0.25, 0.3) is 10.8 Å². The van der Waals surface area contributed by atoms with Crippen LogP contribution in [0.3, 0.4) is 0 Å². The van der Waals surface area contributed by atoms with Crippen molar-refractivity contribution in [2.45, 2.75) is 0 Å². The maximum absolute atomic E-state index is 12.9. The van der Waals surface area contributed by atoms with E-state index >= 15 is 0 Å². The first kappa shape index (κ1) is 20.5. The van der Waals surface area contributed by atoms with Crippen molar-refractivity contribution in [3.05, 3.63) is 72.3 Å². The number of carbonyl (C=O) groups excluding carboxylic acids is 3. The van der Waals surface area contributed by atoms with Crippen molar-refractivity contribution in [2.75, 3.05) is 5.01 Å². The van der Waals surface area contributed by atoms with Gasteiger partial charge >= 0.3 is 0 Å². The number of carbonyl (C=O) groups is 3. The molecule has 6 N–H and O–H groups in total. The van der Waals surface area contributed by atoms with Crippen molar-refractivity contribution < 1.29 is 19.5 Å². The fourth-order valence-corrected chi connectivity index (χ4v) is 3.33. The molecule has 3 aromatic carbocycles. The van der Waals surface area contributed by atoms with Gasteiger partial charge in [0.25, 0.3) is 17.7 Å². The molecule has 0 bridgehead atoms. The molecule has 0 unspecified atom stereocenters. The van der Waals surface area contributed by atoms with E-state index in [1.165, 1.54) is 12.1 Å². The normalized spacial score (nSPS) is 16.2. The van der Waals surface area contributed by atoms with Gasteiger partial charge in [-0.3, -0.25) is 14.4 Å². The molecule has 32 heavy (non-hydrogen) atoms. The highest BCUT2D eigenvalue weighted by Crippen LogP contribution is 2.25. The van der Waals surface area contributed by atoms with Crippen LogP contribution in [0.2, 0.25) is 0 Å². The summed E-state index contributed by atoms with van der Waals surface area (Å²) in [5.74, 6) is -4.33. The molecular weight excluding hydrogens is 412 g/mol. The summed E-state index contributed by atoms with van der Waals surface area (Å²) < 4.78 is 0. The highest BCUT2D eigenvalue weighted by atomic mass is 16.3. The zero-order valence-electron chi connectivity index (χ0n) is 16.6. The predicted octanol–water partition coefficient (Wildman–Crippen LogP) is 1.05. The number of phenols is 1. The molecular formula is C22H18N6O4. The number of nitrogens with zero attached hydrogens (tertiary/aromatic N) is 3. The summed E-state index contributed by atoms with van der Waals surface area (Å²) in [5.41, 5.74) is 13.3. The molecule has 4 rings (SSSR count). The number of primary amides is 1. The SMILES string of the molecule is NC(=O)/C(=N/NC(=O)c1cc2ccccc2cc1O)[C@@H]1C(=O)N(c2ccccc2)N=C1N. The number of amides is 3. The first-order valence-corrected chi connectivity index (χ1v) is 9.49. The van der Waals surface area contributed by atoms with Gasteiger partial charge in [-0.05, 0) is 35.0 Å². The number of anilines is 1. The molecule has 0 saturated carbocycles. The van der Waals surface area contributed by atoms with Gasteiger partial charge in [0.05, 0.1) is 11.3 Å². The second-order valence-electron chi connectivity index (χ2n) is 6.96. The summed E-state index contributed by atoms with van der Waals surface area (Å²) in [6, 6.07) is 18.5. The summed E-state index contributed by atoms with van der Waals surface area (Å²) in [7, 11) is 0. The van der Waals surface area contributed by atoms with Gasteiger partial charge in [-0.15, -0.1) is 0 Å². The van der Waals surface area contributed by atoms with Gasteiger partial charge < -0.3 is 16.6 Å². The second kappa shape index (κ2) is 8.19. The number of amidine groups is 1. The van der Waals surface area contributed by atoms with E-state index in [0.29, 0.717) is 5.69 Å². The van der Waals surface area contributed by atoms with Gasteiger partial charge in [0.1, 0.15) is 23.2 Å². The van der Waals surface area contributed by atoms with Gasteiger partial charge in [-0.1, -0.05) is 42.5 Å². The fraction of sp³-hybridized carbons (Fsp3) is 0.0455. The minimum Gasteiger partial charge on any atom is -0.507 e. The summed E-state index contributed by atoms with van der Waals surface area (Å²) in [4.78, 5) is 37.5. The number of hydrogen-bond acceptors (Lipinski definition) is 7. The molecule has 0 fully saturated rings. The second-order valence-corrected chi connectivity index (χ2v) is 6.96. The molecule has 0 aliphatic carbocycles. The Balaban J connectivity index is 1.61. The summed E-state index contributed by atoms with van der Waals surface area (Å²) in [6.07, 6.45) is 0. The lowest BCUT2D eigenvalue weighted by Gasteiger charge is -2.14. The summed E-state index contributed by atoms with van der Waals surface area (Å²) >= 11 is 0. The lowest BCUT2D eigenvalue weighted by molar-refractivity contribution is -0.119. The van der Waals surface area contributed by atoms with Gasteiger partial charge in [-0.2, -0.15) is 15.2 Å². The average Bonchev–Trinajstić information content (AvgIpc) is 3.08. The molecule has 0 radical (unpaired) electrons. The van der Waals surface area contributed by atoms with Crippen molar-refractivity contribution in [1.82, 2.24) is 5.43 Å². The fourth-order valence-electron chi connectivity index (χ4n) is 3.33. The van der Waals surface area contributed by atoms with Crippen LogP contribution in [0.5, 0.6) is 5.75 Å². The van der Waals surface area contributed by atoms with Crippen molar-refractivity contribution in [1.29, 1.82) is 0 Å². The largest absolute Gasteiger partial charge is 0.507 e. The van der Waals surface area contributed by atoms with Crippen LogP contribution in [-0.2, 0) is 9.59 Å². The summed E-state index contributed by atoms with van der Waals surface area (Å²) in [6.45, 7) is 0. The van der Waals surface area contributed by atoms with Gasteiger partial charge in [-0.25, -0.2) is 5.43 Å².